The summed E-state index contributed by atoms with van der Waals surface area (Å²) >= 11 is 1.16. The highest BCUT2D eigenvalue weighted by Crippen LogP contribution is 2.69. The predicted octanol–water partition coefficient (Wildman–Crippen LogP) is 7.81. The minimum absolute atomic E-state index is 0.0419. The molecular weight excluding hydrogens is 692 g/mol. The van der Waals surface area contributed by atoms with E-state index in [2.05, 4.69) is 24.8 Å². The third-order valence-electron chi connectivity index (χ3n) is 13.5. The van der Waals surface area contributed by atoms with Crippen LogP contribution in [-0.4, -0.2) is 55.8 Å². The number of ether oxygens (including phenoxy) is 1. The summed E-state index contributed by atoms with van der Waals surface area (Å²) in [5.74, 6) is 0.541. The van der Waals surface area contributed by atoms with Gasteiger partial charge in [0.25, 0.3) is 0 Å². The van der Waals surface area contributed by atoms with E-state index in [-0.39, 0.29) is 39.9 Å². The smallest absolute Gasteiger partial charge is 0.375 e. The number of fused-ring (bicyclic) bond motifs is 6. The van der Waals surface area contributed by atoms with Gasteiger partial charge in [-0.25, -0.2) is 18.9 Å². The number of aliphatic hydroxyl groups is 1. The molecule has 4 fully saturated rings. The Labute approximate surface area is 313 Å². The molecule has 3 saturated carbocycles. The first-order valence-electron chi connectivity index (χ1n) is 19.0. The van der Waals surface area contributed by atoms with E-state index in [1.54, 1.807) is 24.3 Å². The van der Waals surface area contributed by atoms with Crippen LogP contribution in [0.15, 0.2) is 77.0 Å². The lowest BCUT2D eigenvalue weighted by Crippen LogP contribution is -2.62. The molecule has 7 atom stereocenters. The number of esters is 1. The van der Waals surface area contributed by atoms with E-state index in [0.29, 0.717) is 25.0 Å². The van der Waals surface area contributed by atoms with Crippen molar-refractivity contribution in [2.45, 2.75) is 82.7 Å². The average Bonchev–Trinajstić information content (AvgIpc) is 3.98. The number of hydrogen-bond donors (Lipinski definition) is 1. The Balaban J connectivity index is 1.02. The second kappa shape index (κ2) is 13.0. The largest absolute Gasteiger partial charge is 0.457 e. The van der Waals surface area contributed by atoms with Crippen molar-refractivity contribution in [2.75, 3.05) is 18.0 Å². The van der Waals surface area contributed by atoms with Crippen LogP contribution in [0.3, 0.4) is 0 Å². The second-order valence-corrected chi connectivity index (χ2v) is 17.2. The SMILES string of the molecule is CC12Cc3cnn(-c4ccc(F)cc4)c3C=C1CCC1C2C(O)CC2(C)C1CCC2(OC(=O)c1ccco1)C(=O)SCc1cccc(N2CCCC2)n1. The Bertz CT molecular complexity index is 2080. The maximum Gasteiger partial charge on any atom is 0.375 e. The number of carbonyl (C=O) groups excluding carboxylic acids is 2. The number of aromatic nitrogens is 3. The van der Waals surface area contributed by atoms with Gasteiger partial charge in [-0.2, -0.15) is 5.10 Å². The quantitative estimate of drug-likeness (QED) is 0.190. The number of carbonyl (C=O) groups is 2. The van der Waals surface area contributed by atoms with E-state index >= 15 is 0 Å². The lowest BCUT2D eigenvalue weighted by molar-refractivity contribution is -0.175. The van der Waals surface area contributed by atoms with Crippen LogP contribution in [0.4, 0.5) is 10.2 Å². The summed E-state index contributed by atoms with van der Waals surface area (Å²) in [5, 5.41) is 16.9. The van der Waals surface area contributed by atoms with Crippen LogP contribution in [0.25, 0.3) is 11.8 Å². The number of rotatable bonds is 7. The number of benzene rings is 1. The molecule has 4 aromatic rings. The van der Waals surface area contributed by atoms with Crippen molar-refractivity contribution in [2.24, 2.45) is 28.6 Å². The molecule has 1 saturated heterocycles. The fraction of sp³-hybridized carbons (Fsp3) is 0.476. The van der Waals surface area contributed by atoms with E-state index in [4.69, 9.17) is 19.2 Å². The maximum atomic E-state index is 14.8. The molecule has 53 heavy (non-hydrogen) atoms. The van der Waals surface area contributed by atoms with Crippen LogP contribution in [0.2, 0.25) is 0 Å². The van der Waals surface area contributed by atoms with Crippen molar-refractivity contribution in [3.63, 3.8) is 0 Å². The van der Waals surface area contributed by atoms with Gasteiger partial charge in [-0.05, 0) is 135 Å². The van der Waals surface area contributed by atoms with Gasteiger partial charge in [-0.3, -0.25) is 4.79 Å². The number of aliphatic hydroxyl groups excluding tert-OH is 1. The van der Waals surface area contributed by atoms with Crippen LogP contribution in [0, 0.1) is 34.4 Å². The third kappa shape index (κ3) is 5.51. The highest BCUT2D eigenvalue weighted by atomic mass is 32.2. The number of hydrogen-bond acceptors (Lipinski definition) is 9. The zero-order valence-electron chi connectivity index (χ0n) is 30.2. The predicted molar refractivity (Wildman–Crippen MR) is 200 cm³/mol. The van der Waals surface area contributed by atoms with Crippen LogP contribution in [-0.2, 0) is 21.7 Å². The molecule has 9 rings (SSSR count). The summed E-state index contributed by atoms with van der Waals surface area (Å²) in [6.45, 7) is 6.32. The lowest BCUT2D eigenvalue weighted by Gasteiger charge is -2.60. The van der Waals surface area contributed by atoms with Crippen molar-refractivity contribution >= 4 is 34.7 Å². The molecule has 1 N–H and O–H groups in total. The first kappa shape index (κ1) is 34.5. The zero-order chi connectivity index (χ0) is 36.5. The summed E-state index contributed by atoms with van der Waals surface area (Å²) < 4.78 is 27.5. The number of anilines is 1. The Morgan fingerprint density at radius 1 is 1.08 bits per heavy atom. The zero-order valence-corrected chi connectivity index (χ0v) is 31.0. The van der Waals surface area contributed by atoms with Gasteiger partial charge in [0.05, 0.1) is 35.6 Å². The molecule has 4 heterocycles. The van der Waals surface area contributed by atoms with Gasteiger partial charge in [-0.15, -0.1) is 0 Å². The van der Waals surface area contributed by atoms with Crippen molar-refractivity contribution in [3.8, 4) is 5.69 Å². The van der Waals surface area contributed by atoms with E-state index in [0.717, 1.165) is 85.4 Å². The number of thioether (sulfide) groups is 1. The number of halogens is 1. The molecule has 3 aromatic heterocycles. The van der Waals surface area contributed by atoms with Crippen molar-refractivity contribution in [1.82, 2.24) is 14.8 Å². The lowest BCUT2D eigenvalue weighted by atomic mass is 9.45. The normalized spacial score (nSPS) is 31.6. The van der Waals surface area contributed by atoms with Crippen LogP contribution in [0.5, 0.6) is 0 Å². The van der Waals surface area contributed by atoms with Gasteiger partial charge in [0.15, 0.2) is 5.60 Å². The van der Waals surface area contributed by atoms with Crippen LogP contribution >= 0.6 is 11.8 Å². The Morgan fingerprint density at radius 3 is 2.66 bits per heavy atom. The molecular formula is C42H45FN4O5S. The van der Waals surface area contributed by atoms with Crippen LogP contribution < -0.4 is 4.90 Å². The van der Waals surface area contributed by atoms with Gasteiger partial charge in [0.2, 0.25) is 10.9 Å². The fourth-order valence-corrected chi connectivity index (χ4v) is 12.1. The molecule has 276 valence electrons. The molecule has 1 aliphatic heterocycles. The highest BCUT2D eigenvalue weighted by Gasteiger charge is 2.71. The summed E-state index contributed by atoms with van der Waals surface area (Å²) in [6, 6.07) is 15.5. The van der Waals surface area contributed by atoms with Crippen molar-refractivity contribution in [3.05, 3.63) is 101 Å². The molecule has 0 amide bonds. The number of nitrogens with zero attached hydrogens (tertiary/aromatic N) is 4. The van der Waals surface area contributed by atoms with Gasteiger partial charge in [0.1, 0.15) is 11.6 Å². The van der Waals surface area contributed by atoms with Crippen molar-refractivity contribution in [1.29, 1.82) is 0 Å². The summed E-state index contributed by atoms with van der Waals surface area (Å²) in [4.78, 5) is 35.6. The van der Waals surface area contributed by atoms with E-state index < -0.39 is 23.1 Å². The molecule has 0 spiro atoms. The Hall–Kier alpha value is -4.22. The molecule has 1 aromatic carbocycles. The molecule has 7 unspecified atom stereocenters. The first-order chi connectivity index (χ1) is 25.6. The van der Waals surface area contributed by atoms with Crippen LogP contribution in [0.1, 0.15) is 86.3 Å². The molecule has 5 aliphatic rings. The van der Waals surface area contributed by atoms with Gasteiger partial charge < -0.3 is 19.2 Å². The molecule has 0 radical (unpaired) electrons. The Kier molecular flexibility index (Phi) is 8.45. The minimum Gasteiger partial charge on any atom is -0.457 e. The Morgan fingerprint density at radius 2 is 1.89 bits per heavy atom. The van der Waals surface area contributed by atoms with Crippen molar-refractivity contribution < 1.29 is 28.2 Å². The fourth-order valence-electron chi connectivity index (χ4n) is 11.0. The maximum absolute atomic E-state index is 14.8. The summed E-state index contributed by atoms with van der Waals surface area (Å²) in [7, 11) is 0. The minimum atomic E-state index is -1.45. The summed E-state index contributed by atoms with van der Waals surface area (Å²) in [5.41, 5.74) is 2.46. The topological polar surface area (TPSA) is 111 Å². The third-order valence-corrected chi connectivity index (χ3v) is 14.5. The standard InChI is InChI=1S/C42H45FN4O5S/c1-40-22-26-24-44-47(30-13-11-28(43)12-14-30)33(26)21-27(40)10-15-31-32-16-17-42(41(32,2)23-34(48)37(31)40,52-38(49)35-8-6-20-51-35)39(50)53-25-29-7-5-9-36(45-29)46-18-3-4-19-46/h5-9,11-14,20-21,24,31-32,34,37,48H,3-4,10,15-19,22-23,25H2,1-2H3. The average molecular weight is 737 g/mol. The number of furan rings is 1. The highest BCUT2D eigenvalue weighted by molar-refractivity contribution is 8.13. The molecule has 0 bridgehead atoms. The molecule has 4 aliphatic carbocycles. The van der Waals surface area contributed by atoms with Gasteiger partial charge in [-0.1, -0.05) is 37.2 Å². The number of allylic oxidation sites excluding steroid dienone is 1. The van der Waals surface area contributed by atoms with E-state index in [1.807, 2.05) is 29.1 Å². The molecule has 9 nitrogen and oxygen atoms in total. The van der Waals surface area contributed by atoms with Gasteiger partial charge >= 0.3 is 5.97 Å². The van der Waals surface area contributed by atoms with Gasteiger partial charge in [0, 0.05) is 24.3 Å². The number of pyridine rings is 1. The van der Waals surface area contributed by atoms with E-state index in [9.17, 15) is 19.1 Å². The monoisotopic (exact) mass is 736 g/mol. The first-order valence-corrected chi connectivity index (χ1v) is 20.0. The summed E-state index contributed by atoms with van der Waals surface area (Å²) in [6.07, 6.45) is 11.0. The molecule has 11 heteroatoms. The van der Waals surface area contributed by atoms with E-state index in [1.165, 1.54) is 24.0 Å². The second-order valence-electron chi connectivity index (χ2n) is 16.2.